The number of carboxylic acids is 1. The molecule has 0 aliphatic heterocycles. The molecule has 134 valence electrons. The van der Waals surface area contributed by atoms with Crippen LogP contribution in [0, 0.1) is 9.39 Å². The first-order chi connectivity index (χ1) is 12.2. The normalized spacial score (nSPS) is 10.9. The van der Waals surface area contributed by atoms with Gasteiger partial charge in [-0.3, -0.25) is 14.2 Å². The molecule has 0 unspecified atom stereocenters. The first-order valence-corrected chi connectivity index (χ1v) is 8.47. The van der Waals surface area contributed by atoms with Gasteiger partial charge in [-0.1, -0.05) is 0 Å². The van der Waals surface area contributed by atoms with E-state index in [1.165, 1.54) is 35.4 Å². The fourth-order valence-corrected chi connectivity index (χ4v) is 3.21. The summed E-state index contributed by atoms with van der Waals surface area (Å²) >= 11 is 1.96. The minimum absolute atomic E-state index is 0.00699. The zero-order chi connectivity index (χ0) is 19.2. The van der Waals surface area contributed by atoms with E-state index in [-0.39, 0.29) is 22.4 Å². The SMILES string of the molecule is Cn1cc(C(=O)O)c(=O)c2c(Nc3ccc(I)cc3F)cc(=O)n(C)c21. The smallest absolute Gasteiger partial charge is 0.341 e. The van der Waals surface area contributed by atoms with Crippen LogP contribution in [0.15, 0.2) is 40.1 Å². The predicted octanol–water partition coefficient (Wildman–Crippen LogP) is 2.42. The summed E-state index contributed by atoms with van der Waals surface area (Å²) in [5.74, 6) is -1.94. The molecule has 0 atom stereocenters. The topological polar surface area (TPSA) is 93.3 Å². The van der Waals surface area contributed by atoms with Gasteiger partial charge in [0.25, 0.3) is 5.56 Å². The molecule has 3 rings (SSSR count). The summed E-state index contributed by atoms with van der Waals surface area (Å²) in [5.41, 5.74) is -1.28. The maximum absolute atomic E-state index is 14.2. The lowest BCUT2D eigenvalue weighted by Gasteiger charge is -2.15. The highest BCUT2D eigenvalue weighted by atomic mass is 127. The van der Waals surface area contributed by atoms with E-state index >= 15 is 0 Å². The molecule has 0 saturated heterocycles. The number of benzene rings is 1. The van der Waals surface area contributed by atoms with Crippen molar-refractivity contribution in [2.75, 3.05) is 5.32 Å². The molecular weight excluding hydrogens is 456 g/mol. The molecule has 0 bridgehead atoms. The van der Waals surface area contributed by atoms with Crippen LogP contribution < -0.4 is 16.3 Å². The van der Waals surface area contributed by atoms with Crippen molar-refractivity contribution in [2.45, 2.75) is 0 Å². The number of aromatic nitrogens is 2. The number of anilines is 2. The van der Waals surface area contributed by atoms with Gasteiger partial charge in [-0.05, 0) is 40.8 Å². The summed E-state index contributed by atoms with van der Waals surface area (Å²) in [4.78, 5) is 36.3. The summed E-state index contributed by atoms with van der Waals surface area (Å²) in [6.45, 7) is 0. The Morgan fingerprint density at radius 1 is 1.19 bits per heavy atom. The summed E-state index contributed by atoms with van der Waals surface area (Å²) < 4.78 is 17.5. The minimum Gasteiger partial charge on any atom is -0.477 e. The molecule has 2 N–H and O–H groups in total. The number of aromatic carboxylic acids is 1. The van der Waals surface area contributed by atoms with Gasteiger partial charge in [0.05, 0.1) is 16.8 Å². The van der Waals surface area contributed by atoms with Gasteiger partial charge in [0.2, 0.25) is 5.43 Å². The summed E-state index contributed by atoms with van der Waals surface area (Å²) in [6.07, 6.45) is 1.15. The van der Waals surface area contributed by atoms with Gasteiger partial charge in [-0.25, -0.2) is 9.18 Å². The van der Waals surface area contributed by atoms with Crippen LogP contribution in [-0.4, -0.2) is 20.2 Å². The average molecular weight is 469 g/mol. The summed E-state index contributed by atoms with van der Waals surface area (Å²) in [5, 5.41) is 12.0. The zero-order valence-corrected chi connectivity index (χ0v) is 15.9. The molecule has 26 heavy (non-hydrogen) atoms. The third kappa shape index (κ3) is 2.98. The second-order valence-electron chi connectivity index (χ2n) is 5.69. The van der Waals surface area contributed by atoms with E-state index in [0.717, 1.165) is 12.3 Å². The monoisotopic (exact) mass is 469 g/mol. The van der Waals surface area contributed by atoms with Crippen molar-refractivity contribution in [3.05, 3.63) is 66.0 Å². The van der Waals surface area contributed by atoms with Crippen molar-refractivity contribution in [3.8, 4) is 0 Å². The average Bonchev–Trinajstić information content (AvgIpc) is 2.56. The van der Waals surface area contributed by atoms with Crippen LogP contribution in [0.5, 0.6) is 0 Å². The van der Waals surface area contributed by atoms with Crippen LogP contribution in [0.1, 0.15) is 10.4 Å². The Labute approximate surface area is 159 Å². The third-order valence-electron chi connectivity index (χ3n) is 3.97. The highest BCUT2D eigenvalue weighted by Crippen LogP contribution is 2.25. The van der Waals surface area contributed by atoms with E-state index < -0.39 is 28.3 Å². The van der Waals surface area contributed by atoms with Crippen molar-refractivity contribution in [3.63, 3.8) is 0 Å². The van der Waals surface area contributed by atoms with Gasteiger partial charge in [0.15, 0.2) is 0 Å². The summed E-state index contributed by atoms with van der Waals surface area (Å²) in [6, 6.07) is 5.58. The Kier molecular flexibility index (Phi) is 4.57. The maximum atomic E-state index is 14.2. The van der Waals surface area contributed by atoms with Gasteiger partial charge < -0.3 is 15.0 Å². The van der Waals surface area contributed by atoms with Crippen molar-refractivity contribution >= 4 is 51.0 Å². The molecule has 0 fully saturated rings. The van der Waals surface area contributed by atoms with Crippen LogP contribution in [-0.2, 0) is 14.1 Å². The Bertz CT molecular complexity index is 1180. The second-order valence-corrected chi connectivity index (χ2v) is 6.94. The molecule has 7 nitrogen and oxygen atoms in total. The number of pyridine rings is 2. The van der Waals surface area contributed by atoms with E-state index in [2.05, 4.69) is 5.32 Å². The number of nitrogens with one attached hydrogen (secondary N) is 1. The van der Waals surface area contributed by atoms with E-state index in [9.17, 15) is 23.9 Å². The van der Waals surface area contributed by atoms with Gasteiger partial charge in [-0.15, -0.1) is 0 Å². The Hall–Kier alpha value is -2.69. The molecule has 0 saturated carbocycles. The molecule has 3 aromatic rings. The van der Waals surface area contributed by atoms with Crippen molar-refractivity contribution in [1.82, 2.24) is 9.13 Å². The summed E-state index contributed by atoms with van der Waals surface area (Å²) in [7, 11) is 3.00. The lowest BCUT2D eigenvalue weighted by Crippen LogP contribution is -2.26. The van der Waals surface area contributed by atoms with Gasteiger partial charge in [0.1, 0.15) is 17.0 Å². The zero-order valence-electron chi connectivity index (χ0n) is 13.7. The number of nitrogens with zero attached hydrogens (tertiary/aromatic N) is 2. The number of carbonyl (C=O) groups is 1. The van der Waals surface area contributed by atoms with Crippen molar-refractivity contribution < 1.29 is 14.3 Å². The largest absolute Gasteiger partial charge is 0.477 e. The Morgan fingerprint density at radius 3 is 2.50 bits per heavy atom. The number of carboxylic acid groups (broad SMARTS) is 1. The molecule has 9 heteroatoms. The standard InChI is InChI=1S/C17H13FIN3O4/c1-21-7-9(17(25)26)15(24)14-12(6-13(23)22(2)16(14)21)20-11-4-3-8(19)5-10(11)18/h3-7,20H,1-2H3,(H,25,26). The number of hydrogen-bond acceptors (Lipinski definition) is 4. The van der Waals surface area contributed by atoms with Crippen LogP contribution in [0.4, 0.5) is 15.8 Å². The first kappa shape index (κ1) is 18.1. The molecule has 0 amide bonds. The molecule has 2 heterocycles. The molecule has 0 aliphatic rings. The number of rotatable bonds is 3. The highest BCUT2D eigenvalue weighted by molar-refractivity contribution is 14.1. The predicted molar refractivity (Wildman–Crippen MR) is 104 cm³/mol. The van der Waals surface area contributed by atoms with Crippen LogP contribution in [0.3, 0.4) is 0 Å². The Balaban J connectivity index is 2.38. The molecular formula is C17H13FIN3O4. The Morgan fingerprint density at radius 2 is 1.88 bits per heavy atom. The van der Waals surface area contributed by atoms with Crippen LogP contribution in [0.2, 0.25) is 0 Å². The van der Waals surface area contributed by atoms with E-state index in [0.29, 0.717) is 3.57 Å². The van der Waals surface area contributed by atoms with E-state index in [1.54, 1.807) is 6.07 Å². The number of fused-ring (bicyclic) bond motifs is 1. The molecule has 1 aromatic carbocycles. The number of aryl methyl sites for hydroxylation is 2. The number of hydrogen-bond donors (Lipinski definition) is 2. The van der Waals surface area contributed by atoms with E-state index in [4.69, 9.17) is 0 Å². The van der Waals surface area contributed by atoms with Gasteiger partial charge >= 0.3 is 5.97 Å². The van der Waals surface area contributed by atoms with Crippen LogP contribution in [0.25, 0.3) is 11.0 Å². The molecule has 0 spiro atoms. The van der Waals surface area contributed by atoms with Gasteiger partial charge in [0, 0.05) is 29.9 Å². The van der Waals surface area contributed by atoms with Crippen molar-refractivity contribution in [1.29, 1.82) is 0 Å². The third-order valence-corrected chi connectivity index (χ3v) is 4.64. The first-order valence-electron chi connectivity index (χ1n) is 7.39. The maximum Gasteiger partial charge on any atom is 0.341 e. The lowest BCUT2D eigenvalue weighted by molar-refractivity contribution is 0.0695. The van der Waals surface area contributed by atoms with E-state index in [1.807, 2.05) is 22.6 Å². The quantitative estimate of drug-likeness (QED) is 0.575. The second kappa shape index (κ2) is 6.56. The number of halogens is 2. The van der Waals surface area contributed by atoms with Crippen LogP contribution >= 0.6 is 22.6 Å². The molecule has 2 aromatic heterocycles. The minimum atomic E-state index is -1.38. The van der Waals surface area contributed by atoms with Gasteiger partial charge in [-0.2, -0.15) is 0 Å². The lowest BCUT2D eigenvalue weighted by atomic mass is 10.1. The fourth-order valence-electron chi connectivity index (χ4n) is 2.76. The fraction of sp³-hybridized carbons (Fsp3) is 0.118. The van der Waals surface area contributed by atoms with Crippen molar-refractivity contribution in [2.24, 2.45) is 14.1 Å². The highest BCUT2D eigenvalue weighted by Gasteiger charge is 2.19. The molecule has 0 aliphatic carbocycles. The molecule has 0 radical (unpaired) electrons.